The molecule has 1 atom stereocenters. The molecule has 0 aliphatic carbocycles. The monoisotopic (exact) mass is 308 g/mol. The van der Waals surface area contributed by atoms with Crippen LogP contribution in [0.5, 0.6) is 0 Å². The zero-order chi connectivity index (χ0) is 14.8. The molecule has 4 nitrogen and oxygen atoms in total. The molecule has 1 aromatic rings. The molecule has 1 aliphatic heterocycles. The summed E-state index contributed by atoms with van der Waals surface area (Å²) in [6, 6.07) is 1.31. The van der Waals surface area contributed by atoms with E-state index in [-0.39, 0.29) is 11.0 Å². The maximum Gasteiger partial charge on any atom is 0.451 e. The Bertz CT molecular complexity index is 467. The summed E-state index contributed by atoms with van der Waals surface area (Å²) in [6.45, 7) is 2.57. The van der Waals surface area contributed by atoms with Crippen molar-refractivity contribution in [2.75, 3.05) is 32.0 Å². The van der Waals surface area contributed by atoms with Crippen molar-refractivity contribution in [1.29, 1.82) is 0 Å². The van der Waals surface area contributed by atoms with Gasteiger partial charge in [-0.3, -0.25) is 0 Å². The van der Waals surface area contributed by atoms with Gasteiger partial charge in [-0.25, -0.2) is 9.97 Å². The third-order valence-electron chi connectivity index (χ3n) is 3.24. The van der Waals surface area contributed by atoms with Crippen molar-refractivity contribution in [3.05, 3.63) is 17.0 Å². The Balaban J connectivity index is 2.00. The summed E-state index contributed by atoms with van der Waals surface area (Å²) >= 11 is 5.60. The van der Waals surface area contributed by atoms with Crippen LogP contribution in [0.3, 0.4) is 0 Å². The van der Waals surface area contributed by atoms with Gasteiger partial charge >= 0.3 is 6.18 Å². The van der Waals surface area contributed by atoms with Crippen LogP contribution < -0.4 is 5.32 Å². The van der Waals surface area contributed by atoms with Crippen LogP contribution in [0.25, 0.3) is 0 Å². The van der Waals surface area contributed by atoms with Crippen molar-refractivity contribution < 1.29 is 13.2 Å². The lowest BCUT2D eigenvalue weighted by molar-refractivity contribution is -0.144. The first kappa shape index (κ1) is 15.3. The van der Waals surface area contributed by atoms with Crippen molar-refractivity contribution in [2.45, 2.75) is 19.0 Å². The first-order valence-corrected chi connectivity index (χ1v) is 6.76. The van der Waals surface area contributed by atoms with Gasteiger partial charge < -0.3 is 10.2 Å². The minimum atomic E-state index is -4.59. The van der Waals surface area contributed by atoms with E-state index in [9.17, 15) is 13.2 Å². The van der Waals surface area contributed by atoms with Crippen LogP contribution in [0.15, 0.2) is 6.07 Å². The molecule has 0 aromatic carbocycles. The fourth-order valence-electron chi connectivity index (χ4n) is 2.32. The molecule has 112 valence electrons. The summed E-state index contributed by atoms with van der Waals surface area (Å²) in [6.07, 6.45) is -2.43. The second-order valence-corrected chi connectivity index (χ2v) is 5.44. The largest absolute Gasteiger partial charge is 0.451 e. The third-order valence-corrected chi connectivity index (χ3v) is 3.44. The van der Waals surface area contributed by atoms with Crippen molar-refractivity contribution in [2.24, 2.45) is 5.92 Å². The number of piperidine rings is 1. The lowest BCUT2D eigenvalue weighted by atomic mass is 9.98. The summed E-state index contributed by atoms with van der Waals surface area (Å²) in [5, 5.41) is 2.71. The van der Waals surface area contributed by atoms with E-state index in [1.807, 2.05) is 7.05 Å². The molecular weight excluding hydrogens is 293 g/mol. The highest BCUT2D eigenvalue weighted by atomic mass is 35.5. The highest BCUT2D eigenvalue weighted by Gasteiger charge is 2.35. The van der Waals surface area contributed by atoms with E-state index in [0.717, 1.165) is 25.9 Å². The molecule has 0 amide bonds. The molecule has 1 saturated heterocycles. The maximum atomic E-state index is 12.6. The predicted molar refractivity (Wildman–Crippen MR) is 70.8 cm³/mol. The van der Waals surface area contributed by atoms with E-state index in [4.69, 9.17) is 11.6 Å². The SMILES string of the molecule is CN1CCCC(CNc2cc(Cl)nc(C(F)(F)F)n2)C1. The van der Waals surface area contributed by atoms with Crippen LogP contribution in [0, 0.1) is 5.92 Å². The zero-order valence-corrected chi connectivity index (χ0v) is 11.8. The highest BCUT2D eigenvalue weighted by Crippen LogP contribution is 2.28. The predicted octanol–water partition coefficient (Wildman–Crippen LogP) is 2.90. The number of likely N-dealkylation sites (tertiary alicyclic amines) is 1. The van der Waals surface area contributed by atoms with E-state index >= 15 is 0 Å². The minimum Gasteiger partial charge on any atom is -0.370 e. The number of anilines is 1. The normalized spacial score (nSPS) is 20.9. The lowest BCUT2D eigenvalue weighted by Gasteiger charge is -2.29. The first-order chi connectivity index (χ1) is 9.34. The summed E-state index contributed by atoms with van der Waals surface area (Å²) in [5.41, 5.74) is 0. The fourth-order valence-corrected chi connectivity index (χ4v) is 2.51. The van der Waals surface area contributed by atoms with Crippen LogP contribution in [0.4, 0.5) is 19.0 Å². The first-order valence-electron chi connectivity index (χ1n) is 6.39. The van der Waals surface area contributed by atoms with Gasteiger partial charge in [-0.2, -0.15) is 13.2 Å². The molecule has 0 saturated carbocycles. The molecule has 2 heterocycles. The maximum absolute atomic E-state index is 12.6. The Hall–Kier alpha value is -1.08. The van der Waals surface area contributed by atoms with Crippen LogP contribution >= 0.6 is 11.6 Å². The summed E-state index contributed by atoms with van der Waals surface area (Å²) in [5.74, 6) is -0.698. The van der Waals surface area contributed by atoms with E-state index < -0.39 is 12.0 Å². The third kappa shape index (κ3) is 4.21. The average Bonchev–Trinajstić information content (AvgIpc) is 2.35. The summed E-state index contributed by atoms with van der Waals surface area (Å²) in [7, 11) is 2.04. The van der Waals surface area contributed by atoms with Gasteiger partial charge in [0.15, 0.2) is 0 Å². The molecule has 8 heteroatoms. The number of hydrogen-bond donors (Lipinski definition) is 1. The molecule has 20 heavy (non-hydrogen) atoms. The van der Waals surface area contributed by atoms with Crippen LogP contribution in [-0.4, -0.2) is 41.5 Å². The smallest absolute Gasteiger partial charge is 0.370 e. The van der Waals surface area contributed by atoms with Gasteiger partial charge in [0.25, 0.3) is 0 Å². The number of nitrogens with one attached hydrogen (secondary N) is 1. The highest BCUT2D eigenvalue weighted by molar-refractivity contribution is 6.29. The van der Waals surface area contributed by atoms with Crippen molar-refractivity contribution in [3.8, 4) is 0 Å². The molecule has 1 aromatic heterocycles. The van der Waals surface area contributed by atoms with E-state index in [1.54, 1.807) is 0 Å². The molecule has 1 N–H and O–H groups in total. The molecule has 2 rings (SSSR count). The topological polar surface area (TPSA) is 41.0 Å². The number of alkyl halides is 3. The standard InChI is InChI=1S/C12H16ClF3N4/c1-20-4-2-3-8(7-20)6-17-10-5-9(13)18-11(19-10)12(14,15)16/h5,8H,2-4,6-7H2,1H3,(H,17,18,19). The lowest BCUT2D eigenvalue weighted by Crippen LogP contribution is -2.35. The Morgan fingerprint density at radius 2 is 2.20 bits per heavy atom. The summed E-state index contributed by atoms with van der Waals surface area (Å²) in [4.78, 5) is 8.87. The van der Waals surface area contributed by atoms with E-state index in [1.165, 1.54) is 6.07 Å². The minimum absolute atomic E-state index is 0.116. The van der Waals surface area contributed by atoms with Crippen LogP contribution in [0.1, 0.15) is 18.7 Å². The second kappa shape index (κ2) is 6.13. The van der Waals surface area contributed by atoms with Gasteiger partial charge in [0, 0.05) is 19.2 Å². The summed E-state index contributed by atoms with van der Waals surface area (Å²) < 4.78 is 37.7. The molecular formula is C12H16ClF3N4. The van der Waals surface area contributed by atoms with Gasteiger partial charge in [-0.1, -0.05) is 11.6 Å². The fraction of sp³-hybridized carbons (Fsp3) is 0.667. The van der Waals surface area contributed by atoms with Crippen LogP contribution in [-0.2, 0) is 6.18 Å². The van der Waals surface area contributed by atoms with E-state index in [2.05, 4.69) is 20.2 Å². The Kier molecular flexibility index (Phi) is 4.70. The molecule has 0 spiro atoms. The number of aromatic nitrogens is 2. The molecule has 0 radical (unpaired) electrons. The molecule has 1 fully saturated rings. The van der Waals surface area contributed by atoms with Crippen LogP contribution in [0.2, 0.25) is 5.15 Å². The zero-order valence-electron chi connectivity index (χ0n) is 11.0. The molecule has 0 bridgehead atoms. The van der Waals surface area contributed by atoms with Gasteiger partial charge in [0.1, 0.15) is 11.0 Å². The van der Waals surface area contributed by atoms with Gasteiger partial charge in [-0.15, -0.1) is 0 Å². The Labute approximate surface area is 120 Å². The van der Waals surface area contributed by atoms with Crippen molar-refractivity contribution in [1.82, 2.24) is 14.9 Å². The molecule has 1 aliphatic rings. The second-order valence-electron chi connectivity index (χ2n) is 5.05. The molecule has 1 unspecified atom stereocenters. The van der Waals surface area contributed by atoms with Gasteiger partial charge in [0.2, 0.25) is 5.82 Å². The Morgan fingerprint density at radius 1 is 1.45 bits per heavy atom. The van der Waals surface area contributed by atoms with Gasteiger partial charge in [-0.05, 0) is 32.4 Å². The quantitative estimate of drug-likeness (QED) is 0.872. The van der Waals surface area contributed by atoms with Crippen molar-refractivity contribution in [3.63, 3.8) is 0 Å². The number of halogens is 4. The number of hydrogen-bond acceptors (Lipinski definition) is 4. The number of nitrogens with zero attached hydrogens (tertiary/aromatic N) is 3. The van der Waals surface area contributed by atoms with Gasteiger partial charge in [0.05, 0.1) is 0 Å². The number of rotatable bonds is 3. The Morgan fingerprint density at radius 3 is 2.85 bits per heavy atom. The van der Waals surface area contributed by atoms with Crippen molar-refractivity contribution >= 4 is 17.4 Å². The van der Waals surface area contributed by atoms with E-state index in [0.29, 0.717) is 12.5 Å². The average molecular weight is 309 g/mol.